The highest BCUT2D eigenvalue weighted by Crippen LogP contribution is 2.43. The first-order valence-corrected chi connectivity index (χ1v) is 12.3. The highest BCUT2D eigenvalue weighted by molar-refractivity contribution is 14.1. The molecule has 0 fully saturated rings. The van der Waals surface area contributed by atoms with E-state index >= 15 is 0 Å². The van der Waals surface area contributed by atoms with Crippen molar-refractivity contribution in [2.75, 3.05) is 0 Å². The van der Waals surface area contributed by atoms with Crippen LogP contribution in [0.3, 0.4) is 0 Å². The SMILES string of the molecule is ClC1=CC(c2cccc3c2oc2c(-c4ccc5ccccc5c4)c(I)ccc23)CC(Cl)=C1. The van der Waals surface area contributed by atoms with Crippen molar-refractivity contribution in [2.45, 2.75) is 12.3 Å². The molecule has 0 saturated heterocycles. The van der Waals surface area contributed by atoms with E-state index in [1.807, 2.05) is 6.08 Å². The van der Waals surface area contributed by atoms with Gasteiger partial charge in [0.1, 0.15) is 11.2 Å². The largest absolute Gasteiger partial charge is 0.455 e. The molecule has 1 atom stereocenters. The van der Waals surface area contributed by atoms with E-state index in [0.29, 0.717) is 5.03 Å². The summed E-state index contributed by atoms with van der Waals surface area (Å²) in [5, 5.41) is 6.13. The molecule has 0 aliphatic heterocycles. The summed E-state index contributed by atoms with van der Waals surface area (Å²) >= 11 is 15.1. The fraction of sp³-hybridized carbons (Fsp3) is 0.0714. The zero-order valence-corrected chi connectivity index (χ0v) is 20.6. The topological polar surface area (TPSA) is 13.1 Å². The standard InChI is InChI=1S/C28H17Cl2IO/c29-20-13-19(14-21(30)15-20)22-6-3-7-23-24-10-11-25(31)26(28(24)32-27(22)23)18-9-8-16-4-1-2-5-17(16)12-18/h1-13,15,19H,14H2. The molecule has 1 aliphatic carbocycles. The smallest absolute Gasteiger partial charge is 0.144 e. The summed E-state index contributed by atoms with van der Waals surface area (Å²) in [6.45, 7) is 0. The maximum atomic E-state index is 6.65. The molecule has 6 rings (SSSR count). The maximum Gasteiger partial charge on any atom is 0.144 e. The van der Waals surface area contributed by atoms with Gasteiger partial charge >= 0.3 is 0 Å². The van der Waals surface area contributed by atoms with E-state index in [2.05, 4.69) is 101 Å². The van der Waals surface area contributed by atoms with Crippen LogP contribution in [0.5, 0.6) is 0 Å². The third-order valence-electron chi connectivity index (χ3n) is 6.15. The Morgan fingerprint density at radius 3 is 2.47 bits per heavy atom. The quantitative estimate of drug-likeness (QED) is 0.194. The predicted molar refractivity (Wildman–Crippen MR) is 145 cm³/mol. The first-order chi connectivity index (χ1) is 15.6. The third kappa shape index (κ3) is 3.37. The second-order valence-electron chi connectivity index (χ2n) is 8.14. The number of para-hydroxylation sites is 1. The van der Waals surface area contributed by atoms with Gasteiger partial charge in [0, 0.05) is 41.5 Å². The van der Waals surface area contributed by atoms with Gasteiger partial charge in [-0.25, -0.2) is 0 Å². The van der Waals surface area contributed by atoms with Gasteiger partial charge in [0.2, 0.25) is 0 Å². The van der Waals surface area contributed by atoms with Gasteiger partial charge in [-0.2, -0.15) is 0 Å². The van der Waals surface area contributed by atoms with E-state index in [1.165, 1.54) is 10.8 Å². The highest BCUT2D eigenvalue weighted by Gasteiger charge is 2.22. The van der Waals surface area contributed by atoms with E-state index in [9.17, 15) is 0 Å². The van der Waals surface area contributed by atoms with Crippen molar-refractivity contribution in [1.82, 2.24) is 0 Å². The Bertz CT molecular complexity index is 1590. The molecule has 1 heterocycles. The lowest BCUT2D eigenvalue weighted by atomic mass is 9.91. The first kappa shape index (κ1) is 20.3. The van der Waals surface area contributed by atoms with Crippen LogP contribution in [0.15, 0.2) is 99.4 Å². The number of benzene rings is 4. The number of furan rings is 1. The summed E-state index contributed by atoms with van der Waals surface area (Å²) in [4.78, 5) is 0. The van der Waals surface area contributed by atoms with E-state index in [-0.39, 0.29) is 5.92 Å². The molecular formula is C28H17Cl2IO. The molecule has 0 spiro atoms. The number of allylic oxidation sites excluding steroid dienone is 4. The van der Waals surface area contributed by atoms with Crippen LogP contribution in [0.2, 0.25) is 0 Å². The van der Waals surface area contributed by atoms with E-state index in [0.717, 1.165) is 53.7 Å². The lowest BCUT2D eigenvalue weighted by Crippen LogP contribution is -2.00. The van der Waals surface area contributed by atoms with Crippen molar-refractivity contribution >= 4 is 78.5 Å². The first-order valence-electron chi connectivity index (χ1n) is 10.4. The summed E-state index contributed by atoms with van der Waals surface area (Å²) in [6.07, 6.45) is 4.60. The van der Waals surface area contributed by atoms with E-state index in [4.69, 9.17) is 27.6 Å². The van der Waals surface area contributed by atoms with E-state index < -0.39 is 0 Å². The fourth-order valence-electron chi connectivity index (χ4n) is 4.68. The van der Waals surface area contributed by atoms with Gasteiger partial charge in [-0.15, -0.1) is 0 Å². The third-order valence-corrected chi connectivity index (χ3v) is 7.55. The molecule has 0 N–H and O–H groups in total. The molecule has 4 heteroatoms. The van der Waals surface area contributed by atoms with Crippen molar-refractivity contribution in [3.05, 3.63) is 104 Å². The molecule has 1 unspecified atom stereocenters. The Kier molecular flexibility index (Phi) is 5.05. The number of halogens is 3. The lowest BCUT2D eigenvalue weighted by Gasteiger charge is -2.17. The van der Waals surface area contributed by atoms with Crippen LogP contribution in [0.25, 0.3) is 43.8 Å². The van der Waals surface area contributed by atoms with Gasteiger partial charge < -0.3 is 4.42 Å². The average molecular weight is 567 g/mol. The molecular weight excluding hydrogens is 550 g/mol. The van der Waals surface area contributed by atoms with Gasteiger partial charge in [0.15, 0.2) is 0 Å². The summed E-state index contributed by atoms with van der Waals surface area (Å²) in [5.74, 6) is 0.0902. The molecule has 1 aromatic heterocycles. The summed E-state index contributed by atoms with van der Waals surface area (Å²) in [5.41, 5.74) is 5.23. The number of hydrogen-bond acceptors (Lipinski definition) is 1. The molecule has 1 aliphatic rings. The minimum absolute atomic E-state index is 0.0902. The Balaban J connectivity index is 1.61. The normalized spacial score (nSPS) is 16.5. The minimum atomic E-state index is 0.0902. The molecule has 0 amide bonds. The van der Waals surface area contributed by atoms with Crippen molar-refractivity contribution in [1.29, 1.82) is 0 Å². The van der Waals surface area contributed by atoms with Gasteiger partial charge in [0.25, 0.3) is 0 Å². The fourth-order valence-corrected chi connectivity index (χ4v) is 6.04. The lowest BCUT2D eigenvalue weighted by molar-refractivity contribution is 0.657. The Morgan fingerprint density at radius 2 is 1.62 bits per heavy atom. The van der Waals surface area contributed by atoms with Crippen LogP contribution in [0.1, 0.15) is 17.9 Å². The van der Waals surface area contributed by atoms with Gasteiger partial charge in [-0.3, -0.25) is 0 Å². The Morgan fingerprint density at radius 1 is 0.812 bits per heavy atom. The van der Waals surface area contributed by atoms with Crippen molar-refractivity contribution < 1.29 is 4.42 Å². The zero-order valence-electron chi connectivity index (χ0n) is 16.9. The van der Waals surface area contributed by atoms with Gasteiger partial charge in [0.05, 0.1) is 0 Å². The van der Waals surface area contributed by atoms with Crippen LogP contribution in [0, 0.1) is 3.57 Å². The van der Waals surface area contributed by atoms with Crippen molar-refractivity contribution in [3.63, 3.8) is 0 Å². The Hall–Kier alpha value is -2.27. The van der Waals surface area contributed by atoms with Crippen molar-refractivity contribution in [3.8, 4) is 11.1 Å². The number of fused-ring (bicyclic) bond motifs is 4. The minimum Gasteiger partial charge on any atom is -0.455 e. The molecule has 4 aromatic carbocycles. The monoisotopic (exact) mass is 566 g/mol. The van der Waals surface area contributed by atoms with Crippen LogP contribution < -0.4 is 0 Å². The number of hydrogen-bond donors (Lipinski definition) is 0. The average Bonchev–Trinajstić information content (AvgIpc) is 3.16. The maximum absolute atomic E-state index is 6.65. The summed E-state index contributed by atoms with van der Waals surface area (Å²) in [6, 6.07) is 25.7. The van der Waals surface area contributed by atoms with Crippen molar-refractivity contribution in [2.24, 2.45) is 0 Å². The molecule has 32 heavy (non-hydrogen) atoms. The molecule has 156 valence electrons. The van der Waals surface area contributed by atoms with Crippen LogP contribution in [0.4, 0.5) is 0 Å². The summed E-state index contributed by atoms with van der Waals surface area (Å²) in [7, 11) is 0. The van der Waals surface area contributed by atoms with Crippen LogP contribution in [-0.2, 0) is 0 Å². The number of rotatable bonds is 2. The zero-order chi connectivity index (χ0) is 21.8. The summed E-state index contributed by atoms with van der Waals surface area (Å²) < 4.78 is 7.81. The predicted octanol–water partition coefficient (Wildman–Crippen LogP) is 9.74. The van der Waals surface area contributed by atoms with E-state index in [1.54, 1.807) is 0 Å². The molecule has 5 aromatic rings. The molecule has 0 bridgehead atoms. The highest BCUT2D eigenvalue weighted by atomic mass is 127. The Labute approximate surface area is 209 Å². The molecule has 0 radical (unpaired) electrons. The molecule has 1 nitrogen and oxygen atoms in total. The second kappa shape index (κ2) is 7.95. The van der Waals surface area contributed by atoms with Gasteiger partial charge in [-0.1, -0.05) is 83.9 Å². The second-order valence-corrected chi connectivity index (χ2v) is 10.2. The molecule has 0 saturated carbocycles. The van der Waals surface area contributed by atoms with Crippen LogP contribution in [-0.4, -0.2) is 0 Å². The van der Waals surface area contributed by atoms with Gasteiger partial charge in [-0.05, 0) is 69.6 Å². The van der Waals surface area contributed by atoms with Crippen LogP contribution >= 0.6 is 45.8 Å².